The van der Waals surface area contributed by atoms with E-state index in [0.717, 1.165) is 16.7 Å². The highest BCUT2D eigenvalue weighted by molar-refractivity contribution is 5.79. The molecule has 5 nitrogen and oxygen atoms in total. The van der Waals surface area contributed by atoms with Gasteiger partial charge in [-0.05, 0) is 36.8 Å². The molecule has 0 unspecified atom stereocenters. The number of hydrogen-bond donors (Lipinski definition) is 0. The van der Waals surface area contributed by atoms with Gasteiger partial charge in [0.25, 0.3) is 5.89 Å². The van der Waals surface area contributed by atoms with Gasteiger partial charge in [-0.3, -0.25) is 4.79 Å². The first kappa shape index (κ1) is 16.4. The van der Waals surface area contributed by atoms with Gasteiger partial charge < -0.3 is 9.42 Å². The van der Waals surface area contributed by atoms with Gasteiger partial charge in [0.2, 0.25) is 5.91 Å². The summed E-state index contributed by atoms with van der Waals surface area (Å²) in [6.07, 6.45) is 0.355. The molecule has 6 heteroatoms. The molecule has 0 N–H and O–H groups in total. The second-order valence-corrected chi connectivity index (χ2v) is 6.63. The van der Waals surface area contributed by atoms with E-state index in [1.807, 2.05) is 31.2 Å². The van der Waals surface area contributed by atoms with Crippen LogP contribution in [0.4, 0.5) is 4.39 Å². The second kappa shape index (κ2) is 6.71. The first-order valence-corrected chi connectivity index (χ1v) is 8.51. The van der Waals surface area contributed by atoms with Gasteiger partial charge in [-0.1, -0.05) is 35.0 Å². The zero-order valence-electron chi connectivity index (χ0n) is 14.4. The van der Waals surface area contributed by atoms with Crippen molar-refractivity contribution in [3.63, 3.8) is 0 Å². The van der Waals surface area contributed by atoms with Crippen LogP contribution in [0.25, 0.3) is 11.5 Å². The minimum Gasteiger partial charge on any atom is -0.338 e. The predicted molar refractivity (Wildman–Crippen MR) is 93.6 cm³/mol. The van der Waals surface area contributed by atoms with Gasteiger partial charge in [0.1, 0.15) is 5.82 Å². The SMILES string of the molecule is Cc1ccc(-c2nc([C@@H]3CC(=O)N(Cc4ccc(F)cc4)C3)no2)cc1. The topological polar surface area (TPSA) is 59.2 Å². The molecule has 1 aliphatic rings. The molecule has 1 saturated heterocycles. The smallest absolute Gasteiger partial charge is 0.257 e. The van der Waals surface area contributed by atoms with Crippen LogP contribution in [0.5, 0.6) is 0 Å². The quantitative estimate of drug-likeness (QED) is 0.719. The van der Waals surface area contributed by atoms with Crippen molar-refractivity contribution in [2.75, 3.05) is 6.54 Å². The monoisotopic (exact) mass is 351 g/mol. The summed E-state index contributed by atoms with van der Waals surface area (Å²) in [6.45, 7) is 3.00. The largest absolute Gasteiger partial charge is 0.338 e. The summed E-state index contributed by atoms with van der Waals surface area (Å²) < 4.78 is 18.4. The van der Waals surface area contributed by atoms with E-state index in [2.05, 4.69) is 10.1 Å². The van der Waals surface area contributed by atoms with E-state index < -0.39 is 0 Å². The lowest BCUT2D eigenvalue weighted by molar-refractivity contribution is -0.128. The number of carbonyl (C=O) groups excluding carboxylic acids is 1. The number of benzene rings is 2. The van der Waals surface area contributed by atoms with Gasteiger partial charge in [-0.15, -0.1) is 0 Å². The standard InChI is InChI=1S/C20H18FN3O2/c1-13-2-6-15(7-3-13)20-22-19(23-26-20)16-10-18(25)24(12-16)11-14-4-8-17(21)9-5-14/h2-9,16H,10-12H2,1H3/t16-/m1/s1. The molecule has 2 aromatic carbocycles. The van der Waals surface area contributed by atoms with Crippen molar-refractivity contribution in [2.24, 2.45) is 0 Å². The first-order chi connectivity index (χ1) is 12.6. The molecule has 0 radical (unpaired) electrons. The summed E-state index contributed by atoms with van der Waals surface area (Å²) in [5.41, 5.74) is 2.92. The molecule has 4 rings (SSSR count). The summed E-state index contributed by atoms with van der Waals surface area (Å²) in [7, 11) is 0. The third kappa shape index (κ3) is 3.35. The fourth-order valence-corrected chi connectivity index (χ4v) is 3.12. The Hall–Kier alpha value is -3.02. The molecule has 0 spiro atoms. The van der Waals surface area contributed by atoms with Gasteiger partial charge in [-0.25, -0.2) is 4.39 Å². The van der Waals surface area contributed by atoms with Crippen molar-refractivity contribution in [3.8, 4) is 11.5 Å². The fourth-order valence-electron chi connectivity index (χ4n) is 3.12. The van der Waals surface area contributed by atoms with Crippen LogP contribution in [-0.2, 0) is 11.3 Å². The zero-order valence-corrected chi connectivity index (χ0v) is 14.4. The first-order valence-electron chi connectivity index (χ1n) is 8.51. The maximum atomic E-state index is 13.0. The van der Waals surface area contributed by atoms with E-state index in [4.69, 9.17) is 4.52 Å². The number of halogens is 1. The molecule has 2 heterocycles. The number of nitrogens with zero attached hydrogens (tertiary/aromatic N) is 3. The molecular formula is C20H18FN3O2. The van der Waals surface area contributed by atoms with Crippen molar-refractivity contribution >= 4 is 5.91 Å². The average Bonchev–Trinajstić information content (AvgIpc) is 3.25. The van der Waals surface area contributed by atoms with Crippen LogP contribution in [0.15, 0.2) is 53.1 Å². The fraction of sp³-hybridized carbons (Fsp3) is 0.250. The molecule has 1 aliphatic heterocycles. The Balaban J connectivity index is 1.47. The molecule has 26 heavy (non-hydrogen) atoms. The molecule has 1 fully saturated rings. The van der Waals surface area contributed by atoms with Crippen molar-refractivity contribution in [2.45, 2.75) is 25.8 Å². The molecule has 1 aromatic heterocycles. The Bertz CT molecular complexity index is 919. The van der Waals surface area contributed by atoms with Gasteiger partial charge in [0, 0.05) is 31.0 Å². The zero-order chi connectivity index (χ0) is 18.1. The van der Waals surface area contributed by atoms with E-state index in [1.54, 1.807) is 17.0 Å². The Labute approximate surface area is 150 Å². The Morgan fingerprint density at radius 1 is 1.15 bits per heavy atom. The molecule has 1 atom stereocenters. The highest BCUT2D eigenvalue weighted by Crippen LogP contribution is 2.29. The maximum Gasteiger partial charge on any atom is 0.257 e. The Morgan fingerprint density at radius 3 is 2.62 bits per heavy atom. The normalized spacial score (nSPS) is 17.1. The molecule has 0 saturated carbocycles. The van der Waals surface area contributed by atoms with Crippen molar-refractivity contribution in [1.29, 1.82) is 0 Å². The van der Waals surface area contributed by atoms with E-state index in [9.17, 15) is 9.18 Å². The summed E-state index contributed by atoms with van der Waals surface area (Å²) in [4.78, 5) is 18.5. The predicted octanol–water partition coefficient (Wildman–Crippen LogP) is 3.70. The van der Waals surface area contributed by atoms with E-state index in [1.165, 1.54) is 12.1 Å². The molecule has 0 bridgehead atoms. The van der Waals surface area contributed by atoms with E-state index in [0.29, 0.717) is 31.2 Å². The number of aromatic nitrogens is 2. The van der Waals surface area contributed by atoms with Crippen LogP contribution in [0.3, 0.4) is 0 Å². The van der Waals surface area contributed by atoms with Gasteiger partial charge in [0.05, 0.1) is 0 Å². The minimum atomic E-state index is -0.283. The molecule has 132 valence electrons. The van der Waals surface area contributed by atoms with Crippen LogP contribution >= 0.6 is 0 Å². The number of rotatable bonds is 4. The Kier molecular flexibility index (Phi) is 4.24. The summed E-state index contributed by atoms with van der Waals surface area (Å²) >= 11 is 0. The van der Waals surface area contributed by atoms with Gasteiger partial charge in [-0.2, -0.15) is 4.98 Å². The van der Waals surface area contributed by atoms with Gasteiger partial charge in [0.15, 0.2) is 5.82 Å². The molecule has 3 aromatic rings. The average molecular weight is 351 g/mol. The molecular weight excluding hydrogens is 333 g/mol. The lowest BCUT2D eigenvalue weighted by atomic mass is 10.1. The highest BCUT2D eigenvalue weighted by atomic mass is 19.1. The van der Waals surface area contributed by atoms with E-state index >= 15 is 0 Å². The maximum absolute atomic E-state index is 13.0. The van der Waals surface area contributed by atoms with Crippen LogP contribution in [0.2, 0.25) is 0 Å². The number of hydrogen-bond acceptors (Lipinski definition) is 4. The number of aryl methyl sites for hydroxylation is 1. The minimum absolute atomic E-state index is 0.0426. The van der Waals surface area contributed by atoms with Crippen molar-refractivity contribution in [3.05, 3.63) is 71.3 Å². The lowest BCUT2D eigenvalue weighted by Gasteiger charge is -2.16. The number of amides is 1. The molecule has 0 aliphatic carbocycles. The lowest BCUT2D eigenvalue weighted by Crippen LogP contribution is -2.24. The second-order valence-electron chi connectivity index (χ2n) is 6.63. The summed E-state index contributed by atoms with van der Waals surface area (Å²) in [6, 6.07) is 14.0. The third-order valence-corrected chi connectivity index (χ3v) is 4.61. The summed E-state index contributed by atoms with van der Waals surface area (Å²) in [5.74, 6) is 0.682. The number of likely N-dealkylation sites (tertiary alicyclic amines) is 1. The summed E-state index contributed by atoms with van der Waals surface area (Å²) in [5, 5.41) is 4.07. The molecule has 1 amide bonds. The van der Waals surface area contributed by atoms with Crippen molar-refractivity contribution < 1.29 is 13.7 Å². The van der Waals surface area contributed by atoms with Crippen LogP contribution in [-0.4, -0.2) is 27.5 Å². The van der Waals surface area contributed by atoms with E-state index in [-0.39, 0.29) is 17.6 Å². The van der Waals surface area contributed by atoms with Crippen LogP contribution in [0, 0.1) is 12.7 Å². The van der Waals surface area contributed by atoms with Crippen molar-refractivity contribution in [1.82, 2.24) is 15.0 Å². The van der Waals surface area contributed by atoms with Gasteiger partial charge >= 0.3 is 0 Å². The highest BCUT2D eigenvalue weighted by Gasteiger charge is 2.33. The van der Waals surface area contributed by atoms with Crippen LogP contribution < -0.4 is 0 Å². The van der Waals surface area contributed by atoms with Crippen LogP contribution in [0.1, 0.15) is 29.3 Å². The Morgan fingerprint density at radius 2 is 1.88 bits per heavy atom. The number of carbonyl (C=O) groups is 1. The third-order valence-electron chi connectivity index (χ3n) is 4.61.